The average Bonchev–Trinajstić information content (AvgIpc) is 3.63. The van der Waals surface area contributed by atoms with Gasteiger partial charge in [0.2, 0.25) is 0 Å². The van der Waals surface area contributed by atoms with E-state index >= 15 is 0 Å². The minimum atomic E-state index is -0.0370. The number of hydrogen-bond acceptors (Lipinski definition) is 3. The summed E-state index contributed by atoms with van der Waals surface area (Å²) in [4.78, 5) is 4.65. The fourth-order valence-corrected chi connectivity index (χ4v) is 4.56. The summed E-state index contributed by atoms with van der Waals surface area (Å²) in [5, 5.41) is 3.37. The molecule has 0 aromatic heterocycles. The quantitative estimate of drug-likeness (QED) is 0.288. The van der Waals surface area contributed by atoms with Crippen molar-refractivity contribution in [3.63, 3.8) is 0 Å². The molecule has 1 aromatic carbocycles. The number of rotatable bonds is 9. The first kappa shape index (κ1) is 29.4. The van der Waals surface area contributed by atoms with Gasteiger partial charge in [-0.1, -0.05) is 68.8 Å². The lowest BCUT2D eigenvalue weighted by Crippen LogP contribution is -2.33. The van der Waals surface area contributed by atoms with E-state index in [-0.39, 0.29) is 5.82 Å². The number of allylic oxidation sites excluding steroid dienone is 3. The highest BCUT2D eigenvalue weighted by Crippen LogP contribution is 2.40. The first-order chi connectivity index (χ1) is 17.4. The molecule has 3 nitrogen and oxygen atoms in total. The second-order valence-electron chi connectivity index (χ2n) is 9.75. The molecule has 0 radical (unpaired) electrons. The van der Waals surface area contributed by atoms with E-state index in [2.05, 4.69) is 55.1 Å². The molecule has 1 aliphatic carbocycles. The summed E-state index contributed by atoms with van der Waals surface area (Å²) in [6.07, 6.45) is 16.1. The molecule has 36 heavy (non-hydrogen) atoms. The average molecular weight is 492 g/mol. The van der Waals surface area contributed by atoms with E-state index < -0.39 is 0 Å². The van der Waals surface area contributed by atoms with Crippen molar-refractivity contribution in [3.05, 3.63) is 110 Å². The van der Waals surface area contributed by atoms with Crippen molar-refractivity contribution < 1.29 is 4.39 Å². The molecule has 196 valence electrons. The Kier molecular flexibility index (Phi) is 13.1. The zero-order valence-corrected chi connectivity index (χ0v) is 22.4. The summed E-state index contributed by atoms with van der Waals surface area (Å²) < 4.78 is 12.9. The number of nitrogens with one attached hydrogen (secondary N) is 1. The number of hydrogen-bond donors (Lipinski definition) is 1. The van der Waals surface area contributed by atoms with Crippen LogP contribution < -0.4 is 5.32 Å². The van der Waals surface area contributed by atoms with Crippen molar-refractivity contribution in [2.24, 2.45) is 0 Å². The van der Waals surface area contributed by atoms with Gasteiger partial charge in [0.25, 0.3) is 0 Å². The maximum atomic E-state index is 12.9. The topological polar surface area (TPSA) is 18.5 Å². The van der Waals surface area contributed by atoms with E-state index in [4.69, 9.17) is 0 Å². The first-order valence-electron chi connectivity index (χ1n) is 13.3. The van der Waals surface area contributed by atoms with Crippen molar-refractivity contribution >= 4 is 0 Å². The predicted molar refractivity (Wildman–Crippen MR) is 154 cm³/mol. The lowest BCUT2D eigenvalue weighted by atomic mass is 10.1. The molecule has 0 spiro atoms. The Bertz CT molecular complexity index is 912. The predicted octanol–water partition coefficient (Wildman–Crippen LogP) is 7.36. The summed E-state index contributed by atoms with van der Waals surface area (Å²) >= 11 is 0. The van der Waals surface area contributed by atoms with E-state index in [1.165, 1.54) is 69.8 Å². The molecule has 1 atom stereocenters. The summed E-state index contributed by atoms with van der Waals surface area (Å²) in [6, 6.07) is 7.54. The van der Waals surface area contributed by atoms with Gasteiger partial charge < -0.3 is 10.2 Å². The van der Waals surface area contributed by atoms with Crippen LogP contribution in [0.5, 0.6) is 0 Å². The van der Waals surface area contributed by atoms with Gasteiger partial charge in [-0.25, -0.2) is 4.39 Å². The van der Waals surface area contributed by atoms with E-state index in [1.54, 1.807) is 12.1 Å². The summed E-state index contributed by atoms with van der Waals surface area (Å²) in [6.45, 7) is 23.4. The minimum absolute atomic E-state index is 0.0370. The van der Waals surface area contributed by atoms with E-state index in [0.29, 0.717) is 12.0 Å². The maximum Gasteiger partial charge on any atom is 0.126 e. The van der Waals surface area contributed by atoms with Crippen LogP contribution in [0.15, 0.2) is 98.4 Å². The number of halogens is 1. The molecule has 2 aliphatic heterocycles. The maximum absolute atomic E-state index is 12.9. The van der Waals surface area contributed by atoms with E-state index in [9.17, 15) is 4.39 Å². The smallest absolute Gasteiger partial charge is 0.126 e. The SMILES string of the molecule is C=C/C=C(\C=C)CNC(=C)C1CCCN1C.C=CCN1CCCCC1=C.Fc1ccccc1C1CC1. The second-order valence-corrected chi connectivity index (χ2v) is 9.75. The minimum Gasteiger partial charge on any atom is -0.383 e. The Labute approximate surface area is 219 Å². The van der Waals surface area contributed by atoms with Crippen LogP contribution in [0, 0.1) is 5.82 Å². The van der Waals surface area contributed by atoms with Crippen LogP contribution in [-0.4, -0.2) is 49.1 Å². The lowest BCUT2D eigenvalue weighted by Gasteiger charge is -2.29. The summed E-state index contributed by atoms with van der Waals surface area (Å²) in [7, 11) is 2.15. The van der Waals surface area contributed by atoms with Crippen LogP contribution in [-0.2, 0) is 0 Å². The molecule has 2 heterocycles. The molecule has 1 N–H and O–H groups in total. The van der Waals surface area contributed by atoms with Crippen LogP contribution in [0.25, 0.3) is 0 Å². The van der Waals surface area contributed by atoms with Gasteiger partial charge in [-0.15, -0.1) is 6.58 Å². The van der Waals surface area contributed by atoms with Crippen LogP contribution in [0.2, 0.25) is 0 Å². The van der Waals surface area contributed by atoms with Gasteiger partial charge in [0.05, 0.1) is 0 Å². The van der Waals surface area contributed by atoms with Crippen molar-refractivity contribution in [2.75, 3.05) is 33.2 Å². The third-order valence-electron chi connectivity index (χ3n) is 6.90. The van der Waals surface area contributed by atoms with Gasteiger partial charge in [0.1, 0.15) is 5.82 Å². The Morgan fingerprint density at radius 1 is 1.08 bits per heavy atom. The number of nitrogens with zero attached hydrogens (tertiary/aromatic N) is 2. The molecule has 1 aromatic rings. The standard InChI is InChI=1S/C14H22N2.C9H9F.C9H15N/c1-5-8-13(6-2)11-15-12(3)14-9-7-10-16(14)4;10-9-4-2-1-3-8(9)7-5-6-7;1-3-7-10-8-5-4-6-9(10)2/h5-6,8,14-15H,1-3,7,9-11H2,4H3;1-4,7H,5-6H2;3H,1-2,4-8H2/b13-8+;;. The highest BCUT2D eigenvalue weighted by Gasteiger charge is 2.25. The first-order valence-corrected chi connectivity index (χ1v) is 13.3. The highest BCUT2D eigenvalue weighted by atomic mass is 19.1. The molecule has 2 saturated heterocycles. The second kappa shape index (κ2) is 16.0. The van der Waals surface area contributed by atoms with Crippen LogP contribution in [0.1, 0.15) is 56.4 Å². The molecule has 0 amide bonds. The van der Waals surface area contributed by atoms with Gasteiger partial charge in [-0.05, 0) is 81.7 Å². The normalized spacial score (nSPS) is 19.8. The van der Waals surface area contributed by atoms with Gasteiger partial charge >= 0.3 is 0 Å². The molecule has 3 aliphatic rings. The largest absolute Gasteiger partial charge is 0.383 e. The molecule has 4 heteroatoms. The van der Waals surface area contributed by atoms with Gasteiger partial charge in [-0.3, -0.25) is 4.90 Å². The highest BCUT2D eigenvalue weighted by molar-refractivity contribution is 5.25. The summed E-state index contributed by atoms with van der Waals surface area (Å²) in [5.41, 5.74) is 4.43. The Morgan fingerprint density at radius 3 is 2.39 bits per heavy atom. The van der Waals surface area contributed by atoms with E-state index in [0.717, 1.165) is 29.9 Å². The van der Waals surface area contributed by atoms with Crippen LogP contribution in [0.3, 0.4) is 0 Å². The molecule has 0 bridgehead atoms. The van der Waals surface area contributed by atoms with Crippen LogP contribution >= 0.6 is 0 Å². The molecule has 1 saturated carbocycles. The van der Waals surface area contributed by atoms with E-state index in [1.807, 2.05) is 30.4 Å². The molecular formula is C32H46FN3. The monoisotopic (exact) mass is 491 g/mol. The van der Waals surface area contributed by atoms with Crippen molar-refractivity contribution in [1.82, 2.24) is 15.1 Å². The Balaban J connectivity index is 0.000000198. The third kappa shape index (κ3) is 10.0. The zero-order chi connectivity index (χ0) is 26.3. The fourth-order valence-electron chi connectivity index (χ4n) is 4.56. The number of piperidine rings is 1. The third-order valence-corrected chi connectivity index (χ3v) is 6.90. The van der Waals surface area contributed by atoms with Crippen LogP contribution in [0.4, 0.5) is 4.39 Å². The number of benzene rings is 1. The Morgan fingerprint density at radius 2 is 1.83 bits per heavy atom. The molecule has 3 fully saturated rings. The van der Waals surface area contributed by atoms with Gasteiger partial charge in [0, 0.05) is 37.1 Å². The molecule has 1 unspecified atom stereocenters. The molecule has 4 rings (SSSR count). The zero-order valence-electron chi connectivity index (χ0n) is 22.4. The van der Waals surface area contributed by atoms with Crippen molar-refractivity contribution in [2.45, 2.75) is 56.9 Å². The van der Waals surface area contributed by atoms with Crippen molar-refractivity contribution in [1.29, 1.82) is 0 Å². The van der Waals surface area contributed by atoms with Gasteiger partial charge in [0.15, 0.2) is 0 Å². The number of likely N-dealkylation sites (N-methyl/N-ethyl adjacent to an activating group) is 1. The Hall–Kier alpha value is -2.85. The van der Waals surface area contributed by atoms with Crippen molar-refractivity contribution in [3.8, 4) is 0 Å². The fraction of sp³-hybridized carbons (Fsp3) is 0.438. The lowest BCUT2D eigenvalue weighted by molar-refractivity contribution is 0.318. The molecular weight excluding hydrogens is 445 g/mol. The van der Waals surface area contributed by atoms with Gasteiger partial charge in [-0.2, -0.15) is 0 Å². The number of likely N-dealkylation sites (tertiary alicyclic amines) is 2. The summed E-state index contributed by atoms with van der Waals surface area (Å²) in [5.74, 6) is 0.492.